The third-order valence-corrected chi connectivity index (χ3v) is 3.81. The highest BCUT2D eigenvalue weighted by atomic mass is 16.5. The summed E-state index contributed by atoms with van der Waals surface area (Å²) in [4.78, 5) is 2.42. The Hall–Kier alpha value is -1.10. The first kappa shape index (κ1) is 14.3. The predicted molar refractivity (Wildman–Crippen MR) is 76.5 cm³/mol. The first-order valence-electron chi connectivity index (χ1n) is 7.02. The van der Waals surface area contributed by atoms with Crippen LogP contribution < -0.4 is 5.32 Å². The minimum absolute atomic E-state index is 0.209. The summed E-state index contributed by atoms with van der Waals surface area (Å²) in [6.45, 7) is 6.06. The molecule has 106 valence electrons. The fraction of sp³-hybridized carbons (Fsp3) is 0.600. The number of aromatic hydroxyl groups is 1. The smallest absolute Gasteiger partial charge is 0.115 e. The molecule has 0 radical (unpaired) electrons. The van der Waals surface area contributed by atoms with Crippen LogP contribution in [0.5, 0.6) is 5.75 Å². The van der Waals surface area contributed by atoms with Crippen molar-refractivity contribution in [3.05, 3.63) is 29.8 Å². The molecule has 2 atom stereocenters. The van der Waals surface area contributed by atoms with E-state index in [9.17, 15) is 5.11 Å². The molecule has 4 heteroatoms. The Bertz CT molecular complexity index is 397. The highest BCUT2D eigenvalue weighted by Crippen LogP contribution is 2.16. The molecule has 0 aromatic heterocycles. The Morgan fingerprint density at radius 3 is 3.05 bits per heavy atom. The number of phenolic OH excluding ortho intramolecular Hbond substituents is 1. The summed E-state index contributed by atoms with van der Waals surface area (Å²) in [7, 11) is 1.97. The van der Waals surface area contributed by atoms with E-state index in [-0.39, 0.29) is 12.1 Å². The number of nitrogens with one attached hydrogen (secondary N) is 1. The Morgan fingerprint density at radius 2 is 2.37 bits per heavy atom. The standard InChI is InChI=1S/C15H24N2O2/c1-3-17-7-8-19-15(11-17)14(16-2)10-12-5-4-6-13(18)9-12/h4-6,9,14-16,18H,3,7-8,10-11H2,1-2H3. The maximum Gasteiger partial charge on any atom is 0.115 e. The molecular formula is C15H24N2O2. The largest absolute Gasteiger partial charge is 0.508 e. The third kappa shape index (κ3) is 3.93. The van der Waals surface area contributed by atoms with Gasteiger partial charge in [-0.25, -0.2) is 0 Å². The second-order valence-electron chi connectivity index (χ2n) is 5.07. The summed E-state index contributed by atoms with van der Waals surface area (Å²) in [6, 6.07) is 7.73. The van der Waals surface area contributed by atoms with E-state index in [1.807, 2.05) is 25.2 Å². The van der Waals surface area contributed by atoms with Gasteiger partial charge in [-0.3, -0.25) is 4.90 Å². The summed E-state index contributed by atoms with van der Waals surface area (Å²) in [5.41, 5.74) is 1.14. The maximum absolute atomic E-state index is 9.53. The van der Waals surface area contributed by atoms with Gasteiger partial charge >= 0.3 is 0 Å². The van der Waals surface area contributed by atoms with Gasteiger partial charge in [-0.15, -0.1) is 0 Å². The molecule has 1 heterocycles. The number of nitrogens with zero attached hydrogens (tertiary/aromatic N) is 1. The molecule has 0 spiro atoms. The Balaban J connectivity index is 1.99. The van der Waals surface area contributed by atoms with Crippen LogP contribution in [0.1, 0.15) is 12.5 Å². The van der Waals surface area contributed by atoms with Crippen LogP contribution in [0, 0.1) is 0 Å². The van der Waals surface area contributed by atoms with Gasteiger partial charge in [-0.1, -0.05) is 19.1 Å². The number of phenols is 1. The van der Waals surface area contributed by atoms with Gasteiger partial charge < -0.3 is 15.2 Å². The summed E-state index contributed by atoms with van der Waals surface area (Å²) >= 11 is 0. The molecule has 1 saturated heterocycles. The van der Waals surface area contributed by atoms with Gasteiger partial charge in [0.1, 0.15) is 5.75 Å². The Kier molecular flexibility index (Phi) is 5.19. The minimum atomic E-state index is 0.209. The lowest BCUT2D eigenvalue weighted by molar-refractivity contribution is -0.0436. The lowest BCUT2D eigenvalue weighted by atomic mass is 10.00. The van der Waals surface area contributed by atoms with Gasteiger partial charge in [-0.05, 0) is 37.7 Å². The molecule has 1 aliphatic heterocycles. The average Bonchev–Trinajstić information content (AvgIpc) is 2.45. The van der Waals surface area contributed by atoms with E-state index in [0.29, 0.717) is 5.75 Å². The van der Waals surface area contributed by atoms with Gasteiger partial charge in [0.25, 0.3) is 0 Å². The predicted octanol–water partition coefficient (Wildman–Crippen LogP) is 1.24. The molecule has 0 aliphatic carbocycles. The molecule has 4 nitrogen and oxygen atoms in total. The zero-order chi connectivity index (χ0) is 13.7. The van der Waals surface area contributed by atoms with E-state index < -0.39 is 0 Å². The first-order valence-corrected chi connectivity index (χ1v) is 7.02. The van der Waals surface area contributed by atoms with Crippen LogP contribution in [-0.2, 0) is 11.2 Å². The number of rotatable bonds is 5. The van der Waals surface area contributed by atoms with E-state index in [2.05, 4.69) is 17.1 Å². The molecule has 1 fully saturated rings. The molecule has 1 aliphatic rings. The van der Waals surface area contributed by atoms with E-state index in [0.717, 1.165) is 38.2 Å². The highest BCUT2D eigenvalue weighted by molar-refractivity contribution is 5.27. The van der Waals surface area contributed by atoms with Crippen LogP contribution in [0.4, 0.5) is 0 Å². The molecule has 0 bridgehead atoms. The summed E-state index contributed by atoms with van der Waals surface area (Å²) in [5, 5.41) is 12.9. The topological polar surface area (TPSA) is 44.7 Å². The van der Waals surface area contributed by atoms with Crippen molar-refractivity contribution in [3.8, 4) is 5.75 Å². The molecule has 1 aromatic rings. The number of likely N-dealkylation sites (N-methyl/N-ethyl adjacent to an activating group) is 2. The van der Waals surface area contributed by atoms with E-state index in [1.165, 1.54) is 0 Å². The zero-order valence-corrected chi connectivity index (χ0v) is 11.8. The van der Waals surface area contributed by atoms with Crippen molar-refractivity contribution in [3.63, 3.8) is 0 Å². The summed E-state index contributed by atoms with van der Waals surface area (Å²) in [5.74, 6) is 0.326. The van der Waals surface area contributed by atoms with Crippen molar-refractivity contribution in [2.24, 2.45) is 0 Å². The van der Waals surface area contributed by atoms with E-state index in [4.69, 9.17) is 4.74 Å². The molecule has 2 rings (SSSR count). The fourth-order valence-corrected chi connectivity index (χ4v) is 2.62. The van der Waals surface area contributed by atoms with Crippen molar-refractivity contribution < 1.29 is 9.84 Å². The van der Waals surface area contributed by atoms with Crippen LogP contribution in [0.15, 0.2) is 24.3 Å². The first-order chi connectivity index (χ1) is 9.22. The number of benzene rings is 1. The van der Waals surface area contributed by atoms with Gasteiger partial charge in [0.05, 0.1) is 12.7 Å². The summed E-state index contributed by atoms with van der Waals surface area (Å²) in [6.07, 6.45) is 1.08. The Labute approximate surface area is 115 Å². The second-order valence-corrected chi connectivity index (χ2v) is 5.07. The quantitative estimate of drug-likeness (QED) is 0.840. The normalized spacial score (nSPS) is 22.3. The van der Waals surface area contributed by atoms with Crippen LogP contribution in [0.25, 0.3) is 0 Å². The SMILES string of the molecule is CCN1CCOC(C(Cc2cccc(O)c2)NC)C1. The second kappa shape index (κ2) is 6.89. The van der Waals surface area contributed by atoms with Gasteiger partial charge in [0.15, 0.2) is 0 Å². The van der Waals surface area contributed by atoms with Crippen LogP contribution in [0.2, 0.25) is 0 Å². The molecular weight excluding hydrogens is 240 g/mol. The molecule has 2 unspecified atom stereocenters. The van der Waals surface area contributed by atoms with E-state index >= 15 is 0 Å². The molecule has 0 amide bonds. The molecule has 19 heavy (non-hydrogen) atoms. The van der Waals surface area contributed by atoms with Crippen LogP contribution >= 0.6 is 0 Å². The fourth-order valence-electron chi connectivity index (χ4n) is 2.62. The Morgan fingerprint density at radius 1 is 1.53 bits per heavy atom. The van der Waals surface area contributed by atoms with Crippen molar-refractivity contribution in [2.75, 3.05) is 33.3 Å². The molecule has 1 aromatic carbocycles. The molecule has 0 saturated carbocycles. The lowest BCUT2D eigenvalue weighted by Gasteiger charge is -2.36. The van der Waals surface area contributed by atoms with Crippen molar-refractivity contribution in [1.29, 1.82) is 0 Å². The average molecular weight is 264 g/mol. The van der Waals surface area contributed by atoms with Crippen LogP contribution in [-0.4, -0.2) is 55.4 Å². The van der Waals surface area contributed by atoms with Crippen molar-refractivity contribution in [1.82, 2.24) is 10.2 Å². The van der Waals surface area contributed by atoms with Gasteiger partial charge in [0.2, 0.25) is 0 Å². The van der Waals surface area contributed by atoms with Crippen molar-refractivity contribution >= 4 is 0 Å². The highest BCUT2D eigenvalue weighted by Gasteiger charge is 2.26. The number of hydrogen-bond acceptors (Lipinski definition) is 4. The van der Waals surface area contributed by atoms with Crippen molar-refractivity contribution in [2.45, 2.75) is 25.5 Å². The van der Waals surface area contributed by atoms with Crippen LogP contribution in [0.3, 0.4) is 0 Å². The number of hydrogen-bond donors (Lipinski definition) is 2. The maximum atomic E-state index is 9.53. The van der Waals surface area contributed by atoms with Gasteiger partial charge in [-0.2, -0.15) is 0 Å². The molecule has 2 N–H and O–H groups in total. The summed E-state index contributed by atoms with van der Waals surface area (Å²) < 4.78 is 5.90. The van der Waals surface area contributed by atoms with E-state index in [1.54, 1.807) is 6.07 Å². The lowest BCUT2D eigenvalue weighted by Crippen LogP contribution is -2.52. The number of morpholine rings is 1. The van der Waals surface area contributed by atoms with Gasteiger partial charge in [0, 0.05) is 19.1 Å². The third-order valence-electron chi connectivity index (χ3n) is 3.81. The minimum Gasteiger partial charge on any atom is -0.508 e. The monoisotopic (exact) mass is 264 g/mol. The number of ether oxygens (including phenoxy) is 1. The zero-order valence-electron chi connectivity index (χ0n) is 11.8.